The zero-order valence-electron chi connectivity index (χ0n) is 9.30. The quantitative estimate of drug-likeness (QED) is 0.242. The lowest BCUT2D eigenvalue weighted by Crippen LogP contribution is -2.08. The molecule has 88 valence electrons. The van der Waals surface area contributed by atoms with Crippen LogP contribution in [0.4, 0.5) is 0 Å². The summed E-state index contributed by atoms with van der Waals surface area (Å²) in [5, 5.41) is 24.7. The van der Waals surface area contributed by atoms with Crippen molar-refractivity contribution in [2.45, 2.75) is 13.2 Å². The summed E-state index contributed by atoms with van der Waals surface area (Å²) < 4.78 is 4.35. The molecule has 0 atom stereocenters. The average Bonchev–Trinajstić information content (AvgIpc) is 2.27. The molecule has 0 rings (SSSR count). The number of allylic oxidation sites excluding steroid dienone is 1. The van der Waals surface area contributed by atoms with Crippen LogP contribution in [0, 0.1) is 11.3 Å². The minimum Gasteiger partial charge on any atom is -0.465 e. The van der Waals surface area contributed by atoms with Gasteiger partial charge in [0.25, 0.3) is 0 Å². The van der Waals surface area contributed by atoms with Gasteiger partial charge in [0.15, 0.2) is 6.29 Å². The Kier molecular flexibility index (Phi) is 9.96. The minimum absolute atomic E-state index is 0.0862. The van der Waals surface area contributed by atoms with Gasteiger partial charge in [-0.1, -0.05) is 13.2 Å². The van der Waals surface area contributed by atoms with Crippen molar-refractivity contribution in [2.24, 2.45) is 0 Å². The maximum absolute atomic E-state index is 10.7. The zero-order valence-corrected chi connectivity index (χ0v) is 9.30. The summed E-state index contributed by atoms with van der Waals surface area (Å²) in [7, 11) is 1.23. The SMILES string of the molecule is C=C(C=C(C)C(O)O)C(=O)OC.C=CC#N. The summed E-state index contributed by atoms with van der Waals surface area (Å²) in [6.45, 7) is 7.96. The fourth-order valence-corrected chi connectivity index (χ4v) is 0.539. The highest BCUT2D eigenvalue weighted by Gasteiger charge is 2.06. The summed E-state index contributed by atoms with van der Waals surface area (Å²) in [4.78, 5) is 10.7. The first-order valence-electron chi connectivity index (χ1n) is 4.22. The maximum Gasteiger partial charge on any atom is 0.337 e. The van der Waals surface area contributed by atoms with Crippen molar-refractivity contribution in [3.8, 4) is 6.07 Å². The molecule has 16 heavy (non-hydrogen) atoms. The van der Waals surface area contributed by atoms with Crippen molar-refractivity contribution in [3.63, 3.8) is 0 Å². The first kappa shape index (κ1) is 16.5. The molecule has 0 aliphatic heterocycles. The van der Waals surface area contributed by atoms with E-state index in [0.717, 1.165) is 0 Å². The third-order valence-corrected chi connectivity index (χ3v) is 1.35. The number of nitrogens with zero attached hydrogens (tertiary/aromatic N) is 1. The van der Waals surface area contributed by atoms with Crippen molar-refractivity contribution < 1.29 is 19.7 Å². The van der Waals surface area contributed by atoms with Gasteiger partial charge in [0.1, 0.15) is 0 Å². The lowest BCUT2D eigenvalue weighted by atomic mass is 10.2. The van der Waals surface area contributed by atoms with Gasteiger partial charge < -0.3 is 14.9 Å². The number of carbonyl (C=O) groups excluding carboxylic acids is 1. The van der Waals surface area contributed by atoms with Crippen molar-refractivity contribution in [2.75, 3.05) is 7.11 Å². The number of carbonyl (C=O) groups is 1. The zero-order chi connectivity index (χ0) is 13.1. The highest BCUT2D eigenvalue weighted by molar-refractivity contribution is 5.90. The molecule has 0 radical (unpaired) electrons. The number of rotatable bonds is 3. The van der Waals surface area contributed by atoms with Gasteiger partial charge in [-0.25, -0.2) is 4.79 Å². The Labute approximate surface area is 94.6 Å². The largest absolute Gasteiger partial charge is 0.465 e. The normalized spacial score (nSPS) is 9.62. The standard InChI is InChI=1S/C8H12O4.C3H3N/c1-5(7(9)10)4-6(2)8(11)12-3;1-2-3-4/h4,7,9-10H,2H2,1,3H3;2H,1H2. The highest BCUT2D eigenvalue weighted by atomic mass is 16.5. The van der Waals surface area contributed by atoms with E-state index in [-0.39, 0.29) is 11.1 Å². The van der Waals surface area contributed by atoms with Gasteiger partial charge in [-0.05, 0) is 18.6 Å². The second kappa shape index (κ2) is 9.65. The number of hydrogen-bond donors (Lipinski definition) is 2. The van der Waals surface area contributed by atoms with Gasteiger partial charge >= 0.3 is 5.97 Å². The molecule has 0 aliphatic rings. The van der Waals surface area contributed by atoms with Crippen LogP contribution in [0.5, 0.6) is 0 Å². The summed E-state index contributed by atoms with van der Waals surface area (Å²) in [6, 6.07) is 1.69. The van der Waals surface area contributed by atoms with Gasteiger partial charge in [0, 0.05) is 6.08 Å². The number of ether oxygens (including phenoxy) is 1. The van der Waals surface area contributed by atoms with E-state index in [9.17, 15) is 4.79 Å². The van der Waals surface area contributed by atoms with E-state index in [1.807, 2.05) is 0 Å². The van der Waals surface area contributed by atoms with Gasteiger partial charge in [0.2, 0.25) is 0 Å². The minimum atomic E-state index is -1.56. The van der Waals surface area contributed by atoms with Crippen LogP contribution in [0.25, 0.3) is 0 Å². The lowest BCUT2D eigenvalue weighted by molar-refractivity contribution is -0.135. The van der Waals surface area contributed by atoms with Crippen LogP contribution in [0.1, 0.15) is 6.92 Å². The number of nitriles is 1. The van der Waals surface area contributed by atoms with Crippen molar-refractivity contribution in [1.82, 2.24) is 0 Å². The topological polar surface area (TPSA) is 90.6 Å². The van der Waals surface area contributed by atoms with Crippen molar-refractivity contribution in [1.29, 1.82) is 5.26 Å². The molecular weight excluding hydrogens is 210 g/mol. The molecule has 0 aliphatic carbocycles. The third kappa shape index (κ3) is 8.69. The van der Waals surface area contributed by atoms with Crippen molar-refractivity contribution in [3.05, 3.63) is 36.5 Å². The smallest absolute Gasteiger partial charge is 0.337 e. The van der Waals surface area contributed by atoms with E-state index in [2.05, 4.69) is 17.9 Å². The molecular formula is C11H15NO4. The molecule has 0 heterocycles. The fraction of sp³-hybridized carbons (Fsp3) is 0.273. The Morgan fingerprint density at radius 3 is 2.25 bits per heavy atom. The molecule has 0 aromatic heterocycles. The van der Waals surface area contributed by atoms with Crippen molar-refractivity contribution >= 4 is 5.97 Å². The highest BCUT2D eigenvalue weighted by Crippen LogP contribution is 2.04. The molecule has 2 N–H and O–H groups in total. The van der Waals surface area contributed by atoms with Crippen LogP contribution in [0.3, 0.4) is 0 Å². The van der Waals surface area contributed by atoms with E-state index in [4.69, 9.17) is 15.5 Å². The lowest BCUT2D eigenvalue weighted by Gasteiger charge is -2.03. The van der Waals surface area contributed by atoms with Crippen LogP contribution in [-0.4, -0.2) is 29.6 Å². The molecule has 0 saturated carbocycles. The van der Waals surface area contributed by atoms with Crippen LogP contribution < -0.4 is 0 Å². The predicted molar refractivity (Wildman–Crippen MR) is 58.9 cm³/mol. The van der Waals surface area contributed by atoms with Crippen LogP contribution in [0.2, 0.25) is 0 Å². The van der Waals surface area contributed by atoms with Gasteiger partial charge in [-0.15, -0.1) is 0 Å². The second-order valence-electron chi connectivity index (χ2n) is 2.61. The summed E-state index contributed by atoms with van der Waals surface area (Å²) in [6.07, 6.45) is 0.877. The molecule has 0 amide bonds. The molecule has 0 unspecified atom stereocenters. The van der Waals surface area contributed by atoms with E-state index in [0.29, 0.717) is 0 Å². The molecule has 0 spiro atoms. The molecule has 0 aromatic rings. The predicted octanol–water partition coefficient (Wildman–Crippen LogP) is 0.669. The number of esters is 1. The Hall–Kier alpha value is -1.90. The third-order valence-electron chi connectivity index (χ3n) is 1.35. The number of hydrogen-bond acceptors (Lipinski definition) is 5. The van der Waals surface area contributed by atoms with E-state index < -0.39 is 12.3 Å². The fourth-order valence-electron chi connectivity index (χ4n) is 0.539. The Bertz CT molecular complexity index is 323. The molecule has 0 saturated heterocycles. The van der Waals surface area contributed by atoms with Crippen LogP contribution in [-0.2, 0) is 9.53 Å². The molecule has 0 bridgehead atoms. The second-order valence-corrected chi connectivity index (χ2v) is 2.61. The number of aliphatic hydroxyl groups excluding tert-OH is 1. The van der Waals surface area contributed by atoms with Gasteiger partial charge in [-0.3, -0.25) is 0 Å². The Balaban J connectivity index is 0. The molecule has 5 heteroatoms. The summed E-state index contributed by atoms with van der Waals surface area (Å²) in [5.74, 6) is -0.588. The summed E-state index contributed by atoms with van der Waals surface area (Å²) >= 11 is 0. The molecule has 5 nitrogen and oxygen atoms in total. The average molecular weight is 225 g/mol. The van der Waals surface area contributed by atoms with Crippen LogP contribution >= 0.6 is 0 Å². The maximum atomic E-state index is 10.7. The number of methoxy groups -OCH3 is 1. The first-order chi connectivity index (χ1) is 7.40. The Morgan fingerprint density at radius 1 is 1.56 bits per heavy atom. The van der Waals surface area contributed by atoms with E-state index >= 15 is 0 Å². The van der Waals surface area contributed by atoms with Gasteiger partial charge in [-0.2, -0.15) is 5.26 Å². The van der Waals surface area contributed by atoms with E-state index in [1.165, 1.54) is 26.2 Å². The Morgan fingerprint density at radius 2 is 2.00 bits per heavy atom. The number of aliphatic hydroxyl groups is 2. The monoisotopic (exact) mass is 225 g/mol. The summed E-state index contributed by atoms with van der Waals surface area (Å²) in [5.41, 5.74) is 0.327. The molecule has 0 aromatic carbocycles. The van der Waals surface area contributed by atoms with Gasteiger partial charge in [0.05, 0.1) is 18.8 Å². The first-order valence-corrected chi connectivity index (χ1v) is 4.22. The van der Waals surface area contributed by atoms with Crippen LogP contribution in [0.15, 0.2) is 36.5 Å². The molecule has 0 fully saturated rings. The van der Waals surface area contributed by atoms with E-state index in [1.54, 1.807) is 6.07 Å².